The zero-order valence-electron chi connectivity index (χ0n) is 24.5. The molecule has 1 N–H and O–H groups in total. The maximum Gasteiger partial charge on any atom is 0.311 e. The Hall–Kier alpha value is -2.58. The largest absolute Gasteiger partial charge is 0.465 e. The molecule has 3 aliphatic heterocycles. The third-order valence-corrected chi connectivity index (χ3v) is 11.1. The summed E-state index contributed by atoms with van der Waals surface area (Å²) in [5.41, 5.74) is 2.73. The van der Waals surface area contributed by atoms with Crippen LogP contribution in [0.3, 0.4) is 0 Å². The minimum Gasteiger partial charge on any atom is -0.465 e. The van der Waals surface area contributed by atoms with E-state index in [1.807, 2.05) is 52.8 Å². The minimum atomic E-state index is -0.825. The van der Waals surface area contributed by atoms with Crippen LogP contribution in [0.25, 0.3) is 0 Å². The number of carbonyl (C=O) groups is 3. The molecule has 0 aromatic heterocycles. The second kappa shape index (κ2) is 11.7. The summed E-state index contributed by atoms with van der Waals surface area (Å²) in [6.07, 6.45) is 6.26. The van der Waals surface area contributed by atoms with Crippen molar-refractivity contribution in [3.05, 3.63) is 54.6 Å². The molecule has 3 heterocycles. The Morgan fingerprint density at radius 3 is 2.48 bits per heavy atom. The molecule has 7 nitrogen and oxygen atoms in total. The molecule has 3 aliphatic rings. The number of hydrogen-bond acceptors (Lipinski definition) is 6. The molecule has 0 saturated carbocycles. The van der Waals surface area contributed by atoms with E-state index in [1.54, 1.807) is 33.7 Å². The van der Waals surface area contributed by atoms with Gasteiger partial charge in [0.25, 0.3) is 5.91 Å². The van der Waals surface area contributed by atoms with Crippen LogP contribution < -0.4 is 4.90 Å². The van der Waals surface area contributed by atoms with E-state index in [9.17, 15) is 19.5 Å². The molecule has 2 amide bonds. The number of esters is 1. The minimum absolute atomic E-state index is 0.0883. The highest BCUT2D eigenvalue weighted by molar-refractivity contribution is 8.02. The number of nitrogens with zero attached hydrogens (tertiary/aromatic N) is 2. The lowest BCUT2D eigenvalue weighted by Gasteiger charge is -2.41. The van der Waals surface area contributed by atoms with Gasteiger partial charge in [0.15, 0.2) is 0 Å². The zero-order valence-corrected chi connectivity index (χ0v) is 25.3. The van der Waals surface area contributed by atoms with Gasteiger partial charge in [-0.2, -0.15) is 0 Å². The Bertz CT molecular complexity index is 1160. The van der Waals surface area contributed by atoms with Crippen LogP contribution in [0, 0.1) is 31.6 Å². The topological polar surface area (TPSA) is 87.1 Å². The first-order valence-electron chi connectivity index (χ1n) is 14.4. The summed E-state index contributed by atoms with van der Waals surface area (Å²) in [5.74, 6) is -2.21. The van der Waals surface area contributed by atoms with Crippen molar-refractivity contribution in [1.82, 2.24) is 4.90 Å². The fraction of sp³-hybridized carbons (Fsp3) is 0.594. The number of likely N-dealkylation sites (tertiary alicyclic amines) is 1. The van der Waals surface area contributed by atoms with Crippen molar-refractivity contribution >= 4 is 35.2 Å². The maximum atomic E-state index is 14.9. The number of aryl methyl sites for hydroxylation is 2. The number of para-hydroxylation sites is 1. The highest BCUT2D eigenvalue weighted by Gasteiger charge is 2.78. The lowest BCUT2D eigenvalue weighted by Crippen LogP contribution is -2.58. The Labute approximate surface area is 243 Å². The summed E-state index contributed by atoms with van der Waals surface area (Å²) in [7, 11) is 0. The quantitative estimate of drug-likeness (QED) is 0.221. The highest BCUT2D eigenvalue weighted by Crippen LogP contribution is 2.72. The lowest BCUT2D eigenvalue weighted by molar-refractivity contribution is -0.156. The zero-order chi connectivity index (χ0) is 29.4. The fourth-order valence-corrected chi connectivity index (χ4v) is 9.59. The van der Waals surface area contributed by atoms with Crippen molar-refractivity contribution in [3.8, 4) is 0 Å². The van der Waals surface area contributed by atoms with Crippen LogP contribution >= 0.6 is 11.8 Å². The Morgan fingerprint density at radius 1 is 1.23 bits per heavy atom. The number of thioether (sulfide) groups is 1. The number of benzene rings is 1. The number of hydrogen-bond donors (Lipinski definition) is 1. The van der Waals surface area contributed by atoms with Gasteiger partial charge in [0.1, 0.15) is 6.04 Å². The summed E-state index contributed by atoms with van der Waals surface area (Å²) in [6, 6.07) is 4.54. The standard InChI is InChI=1S/C32H44N2O5S/c1-8-10-11-18-39-30(38)25-24-28(36)34(23(19-35)20(3)4)27(32(24)16-15-31(25,7)40-32)29(37)33(17-9-2)26-21(5)13-12-14-22(26)6/h8-9,12-14,20,23-25,27,35H,1-2,10-11,15-19H2,3-7H3/t23-,24-,25+,27?,31-,32?/m0/s1. The van der Waals surface area contributed by atoms with Gasteiger partial charge in [0.2, 0.25) is 5.91 Å². The normalized spacial score (nSPS) is 29.4. The first kappa shape index (κ1) is 30.4. The molecule has 1 aromatic rings. The van der Waals surface area contributed by atoms with Crippen LogP contribution in [0.2, 0.25) is 0 Å². The SMILES string of the molecule is C=CCCCOC(=O)[C@H]1[C@H]2C(=O)N([C@@H](CO)C(C)C)C(C(=O)N(CC=C)c3c(C)cccc3C)C23CC[C@]1(C)S3. The van der Waals surface area contributed by atoms with Crippen LogP contribution in [0.1, 0.15) is 57.6 Å². The highest BCUT2D eigenvalue weighted by atomic mass is 32.2. The molecule has 0 radical (unpaired) electrons. The molecule has 8 heteroatoms. The number of ether oxygens (including phenoxy) is 1. The second-order valence-corrected chi connectivity index (χ2v) is 13.9. The average Bonchev–Trinajstić information content (AvgIpc) is 3.47. The monoisotopic (exact) mass is 568 g/mol. The van der Waals surface area contributed by atoms with E-state index in [4.69, 9.17) is 4.74 Å². The molecule has 2 unspecified atom stereocenters. The summed E-state index contributed by atoms with van der Waals surface area (Å²) in [4.78, 5) is 46.3. The molecular formula is C32H44N2O5S. The summed E-state index contributed by atoms with van der Waals surface area (Å²) in [5, 5.41) is 10.5. The number of fused-ring (bicyclic) bond motifs is 1. The van der Waals surface area contributed by atoms with Gasteiger partial charge in [0.05, 0.1) is 35.8 Å². The molecule has 4 rings (SSSR count). The van der Waals surface area contributed by atoms with Gasteiger partial charge in [-0.1, -0.05) is 44.2 Å². The molecule has 1 spiro atoms. The number of aliphatic hydroxyl groups excluding tert-OH is 1. The number of allylic oxidation sites excluding steroid dienone is 1. The van der Waals surface area contributed by atoms with Crippen LogP contribution in [-0.2, 0) is 19.1 Å². The van der Waals surface area contributed by atoms with E-state index >= 15 is 0 Å². The van der Waals surface area contributed by atoms with E-state index in [0.717, 1.165) is 23.2 Å². The average molecular weight is 569 g/mol. The van der Waals surface area contributed by atoms with E-state index in [0.29, 0.717) is 19.3 Å². The van der Waals surface area contributed by atoms with Crippen LogP contribution in [0.15, 0.2) is 43.5 Å². The summed E-state index contributed by atoms with van der Waals surface area (Å²) >= 11 is 1.62. The second-order valence-electron chi connectivity index (χ2n) is 12.0. The molecule has 0 aliphatic carbocycles. The number of aliphatic hydroxyl groups is 1. The Kier molecular flexibility index (Phi) is 8.91. The summed E-state index contributed by atoms with van der Waals surface area (Å²) < 4.78 is 4.43. The first-order chi connectivity index (χ1) is 19.0. The van der Waals surface area contributed by atoms with Crippen molar-refractivity contribution in [2.45, 2.75) is 81.9 Å². The van der Waals surface area contributed by atoms with Gasteiger partial charge in [-0.3, -0.25) is 14.4 Å². The molecule has 3 saturated heterocycles. The third kappa shape index (κ3) is 4.81. The van der Waals surface area contributed by atoms with Gasteiger partial charge < -0.3 is 19.6 Å². The molecule has 6 atom stereocenters. The Balaban J connectivity index is 1.83. The predicted molar refractivity (Wildman–Crippen MR) is 160 cm³/mol. The van der Waals surface area contributed by atoms with E-state index in [-0.39, 0.29) is 43.5 Å². The third-order valence-electron chi connectivity index (χ3n) is 9.10. The van der Waals surface area contributed by atoms with Crippen molar-refractivity contribution in [2.75, 3.05) is 24.7 Å². The maximum absolute atomic E-state index is 14.9. The van der Waals surface area contributed by atoms with Crippen LogP contribution in [0.4, 0.5) is 5.69 Å². The number of rotatable bonds is 12. The van der Waals surface area contributed by atoms with Gasteiger partial charge in [-0.15, -0.1) is 24.9 Å². The fourth-order valence-electron chi connectivity index (χ4n) is 7.27. The number of carbonyl (C=O) groups excluding carboxylic acids is 3. The molecular weight excluding hydrogens is 524 g/mol. The van der Waals surface area contributed by atoms with Gasteiger partial charge >= 0.3 is 5.97 Å². The number of amides is 2. The molecule has 40 heavy (non-hydrogen) atoms. The predicted octanol–water partition coefficient (Wildman–Crippen LogP) is 4.83. The molecule has 218 valence electrons. The number of anilines is 1. The molecule has 3 fully saturated rings. The van der Waals surface area contributed by atoms with Crippen molar-refractivity contribution in [3.63, 3.8) is 0 Å². The van der Waals surface area contributed by atoms with Gasteiger partial charge in [-0.05, 0) is 63.5 Å². The first-order valence-corrected chi connectivity index (χ1v) is 15.2. The van der Waals surface area contributed by atoms with E-state index in [1.165, 1.54) is 0 Å². The van der Waals surface area contributed by atoms with Crippen LogP contribution in [-0.4, -0.2) is 69.1 Å². The van der Waals surface area contributed by atoms with Crippen LogP contribution in [0.5, 0.6) is 0 Å². The Morgan fingerprint density at radius 2 is 1.90 bits per heavy atom. The van der Waals surface area contributed by atoms with E-state index < -0.39 is 33.4 Å². The van der Waals surface area contributed by atoms with Crippen molar-refractivity contribution < 1.29 is 24.2 Å². The molecule has 2 bridgehead atoms. The van der Waals surface area contributed by atoms with Gasteiger partial charge in [-0.25, -0.2) is 0 Å². The summed E-state index contributed by atoms with van der Waals surface area (Å²) in [6.45, 7) is 17.8. The van der Waals surface area contributed by atoms with Crippen molar-refractivity contribution in [1.29, 1.82) is 0 Å². The van der Waals surface area contributed by atoms with E-state index in [2.05, 4.69) is 13.2 Å². The number of unbranched alkanes of at least 4 members (excludes halogenated alkanes) is 1. The van der Waals surface area contributed by atoms with Gasteiger partial charge in [0, 0.05) is 17.0 Å². The molecule has 1 aromatic carbocycles. The lowest BCUT2D eigenvalue weighted by atomic mass is 9.66. The van der Waals surface area contributed by atoms with Crippen molar-refractivity contribution in [2.24, 2.45) is 17.8 Å². The smallest absolute Gasteiger partial charge is 0.311 e.